The Morgan fingerprint density at radius 3 is 2.84 bits per heavy atom. The van der Waals surface area contributed by atoms with Crippen LogP contribution >= 0.6 is 0 Å². The molecule has 0 saturated carbocycles. The summed E-state index contributed by atoms with van der Waals surface area (Å²) in [4.78, 5) is 14.3. The van der Waals surface area contributed by atoms with Gasteiger partial charge < -0.3 is 15.7 Å². The van der Waals surface area contributed by atoms with Crippen LogP contribution in [0.5, 0.6) is 0 Å². The highest BCUT2D eigenvalue weighted by Gasteiger charge is 2.28. The molecule has 1 saturated heterocycles. The monoisotopic (exact) mass is 262 g/mol. The fourth-order valence-electron chi connectivity index (χ4n) is 2.49. The molecule has 1 fully saturated rings. The molecule has 2 rings (SSSR count). The van der Waals surface area contributed by atoms with Crippen LogP contribution in [0.1, 0.15) is 42.1 Å². The molecule has 0 aromatic heterocycles. The Balaban J connectivity index is 2.17. The van der Waals surface area contributed by atoms with Gasteiger partial charge in [-0.3, -0.25) is 4.79 Å². The number of hydrogen-bond acceptors (Lipinski definition) is 3. The van der Waals surface area contributed by atoms with Gasteiger partial charge in [0.2, 0.25) is 0 Å². The number of hydrogen-bond donors (Lipinski definition) is 2. The van der Waals surface area contributed by atoms with E-state index < -0.39 is 5.60 Å². The van der Waals surface area contributed by atoms with Crippen LogP contribution < -0.4 is 5.73 Å². The molecule has 0 aliphatic carbocycles. The van der Waals surface area contributed by atoms with Crippen molar-refractivity contribution >= 4 is 11.6 Å². The van der Waals surface area contributed by atoms with Crippen LogP contribution in [0.3, 0.4) is 0 Å². The lowest BCUT2D eigenvalue weighted by Gasteiger charge is -2.23. The number of benzene rings is 1. The number of aliphatic hydroxyl groups is 1. The summed E-state index contributed by atoms with van der Waals surface area (Å²) >= 11 is 0. The number of anilines is 1. The molecule has 1 aromatic carbocycles. The van der Waals surface area contributed by atoms with E-state index in [0.717, 1.165) is 18.4 Å². The molecule has 1 aliphatic heterocycles. The maximum absolute atomic E-state index is 12.5. The molecule has 1 amide bonds. The molecule has 1 aliphatic rings. The third-order valence-electron chi connectivity index (χ3n) is 3.79. The van der Waals surface area contributed by atoms with E-state index >= 15 is 0 Å². The molecule has 1 unspecified atom stereocenters. The fraction of sp³-hybridized carbons (Fsp3) is 0.533. The zero-order chi connectivity index (χ0) is 14.0. The van der Waals surface area contributed by atoms with E-state index in [1.54, 1.807) is 11.0 Å². The van der Waals surface area contributed by atoms with Crippen LogP contribution in [0.4, 0.5) is 5.69 Å². The van der Waals surface area contributed by atoms with Crippen molar-refractivity contribution in [3.63, 3.8) is 0 Å². The average Bonchev–Trinajstić information content (AvgIpc) is 2.52. The second-order valence-electron chi connectivity index (χ2n) is 5.73. The molecule has 0 radical (unpaired) electrons. The molecular weight excluding hydrogens is 240 g/mol. The van der Waals surface area contributed by atoms with Gasteiger partial charge in [-0.25, -0.2) is 0 Å². The Morgan fingerprint density at radius 2 is 2.11 bits per heavy atom. The van der Waals surface area contributed by atoms with Crippen molar-refractivity contribution in [2.45, 2.75) is 38.7 Å². The molecule has 104 valence electrons. The minimum absolute atomic E-state index is 0.0288. The molecular formula is C15H22N2O2. The number of rotatable bonds is 1. The molecule has 1 aromatic rings. The summed E-state index contributed by atoms with van der Waals surface area (Å²) in [6.45, 7) is 5.05. The van der Waals surface area contributed by atoms with Gasteiger partial charge in [0.1, 0.15) is 0 Å². The first kappa shape index (κ1) is 13.9. The van der Waals surface area contributed by atoms with Gasteiger partial charge in [0, 0.05) is 18.8 Å². The van der Waals surface area contributed by atoms with Crippen LogP contribution in [-0.2, 0) is 0 Å². The molecule has 4 nitrogen and oxygen atoms in total. The SMILES string of the molecule is Cc1ccc(N)c(C(=O)N2CCCC(C)(O)CC2)c1. The lowest BCUT2D eigenvalue weighted by atomic mass is 9.98. The summed E-state index contributed by atoms with van der Waals surface area (Å²) in [5.41, 5.74) is 7.35. The first-order chi connectivity index (χ1) is 8.89. The number of amides is 1. The lowest BCUT2D eigenvalue weighted by Crippen LogP contribution is -2.34. The van der Waals surface area contributed by atoms with Crippen molar-refractivity contribution in [1.82, 2.24) is 4.90 Å². The average molecular weight is 262 g/mol. The highest BCUT2D eigenvalue weighted by Crippen LogP contribution is 2.24. The van der Waals surface area contributed by atoms with E-state index in [4.69, 9.17) is 5.73 Å². The largest absolute Gasteiger partial charge is 0.398 e. The topological polar surface area (TPSA) is 66.6 Å². The van der Waals surface area contributed by atoms with Crippen LogP contribution in [0.2, 0.25) is 0 Å². The van der Waals surface area contributed by atoms with Gasteiger partial charge in [0.25, 0.3) is 5.91 Å². The molecule has 0 spiro atoms. The molecule has 19 heavy (non-hydrogen) atoms. The number of carbonyl (C=O) groups is 1. The van der Waals surface area contributed by atoms with Gasteiger partial charge in [-0.05, 0) is 45.2 Å². The van der Waals surface area contributed by atoms with Gasteiger partial charge in [0.15, 0.2) is 0 Å². The molecule has 0 bridgehead atoms. The van der Waals surface area contributed by atoms with Crippen molar-refractivity contribution in [1.29, 1.82) is 0 Å². The first-order valence-electron chi connectivity index (χ1n) is 6.77. The standard InChI is InChI=1S/C15H22N2O2/c1-11-4-5-13(16)12(10-11)14(18)17-8-3-6-15(2,19)7-9-17/h4-5,10,19H,3,6-9,16H2,1-2H3. The highest BCUT2D eigenvalue weighted by molar-refractivity contribution is 5.99. The Kier molecular flexibility index (Phi) is 3.80. The second kappa shape index (κ2) is 5.21. The molecule has 1 heterocycles. The second-order valence-corrected chi connectivity index (χ2v) is 5.73. The number of aryl methyl sites for hydroxylation is 1. The number of nitrogens with two attached hydrogens (primary N) is 1. The predicted molar refractivity (Wildman–Crippen MR) is 76.0 cm³/mol. The summed E-state index contributed by atoms with van der Waals surface area (Å²) in [5, 5.41) is 10.1. The summed E-state index contributed by atoms with van der Waals surface area (Å²) in [6.07, 6.45) is 2.18. The van der Waals surface area contributed by atoms with Crippen LogP contribution in [0.25, 0.3) is 0 Å². The third kappa shape index (κ3) is 3.26. The summed E-state index contributed by atoms with van der Waals surface area (Å²) in [7, 11) is 0. The van der Waals surface area contributed by atoms with Gasteiger partial charge in [-0.1, -0.05) is 11.6 Å². The van der Waals surface area contributed by atoms with Gasteiger partial charge in [-0.15, -0.1) is 0 Å². The normalized spacial score (nSPS) is 24.1. The Bertz CT molecular complexity index is 483. The number of carbonyl (C=O) groups excluding carboxylic acids is 1. The minimum atomic E-state index is -0.660. The smallest absolute Gasteiger partial charge is 0.255 e. The molecule has 3 N–H and O–H groups in total. The Labute approximate surface area is 114 Å². The predicted octanol–water partition coefficient (Wildman–Crippen LogP) is 1.95. The fourth-order valence-corrected chi connectivity index (χ4v) is 2.49. The van der Waals surface area contributed by atoms with Crippen molar-refractivity contribution in [3.05, 3.63) is 29.3 Å². The minimum Gasteiger partial charge on any atom is -0.398 e. The number of likely N-dealkylation sites (tertiary alicyclic amines) is 1. The van der Waals surface area contributed by atoms with E-state index in [1.807, 2.05) is 26.0 Å². The van der Waals surface area contributed by atoms with Crippen molar-refractivity contribution in [3.8, 4) is 0 Å². The van der Waals surface area contributed by atoms with E-state index in [2.05, 4.69) is 0 Å². The Hall–Kier alpha value is -1.55. The maximum atomic E-state index is 12.5. The van der Waals surface area contributed by atoms with Crippen LogP contribution in [0, 0.1) is 6.92 Å². The zero-order valence-corrected chi connectivity index (χ0v) is 11.6. The Morgan fingerprint density at radius 1 is 1.37 bits per heavy atom. The van der Waals surface area contributed by atoms with Gasteiger partial charge in [0.05, 0.1) is 11.2 Å². The molecule has 1 atom stereocenters. The van der Waals surface area contributed by atoms with Gasteiger partial charge >= 0.3 is 0 Å². The highest BCUT2D eigenvalue weighted by atomic mass is 16.3. The van der Waals surface area contributed by atoms with Gasteiger partial charge in [-0.2, -0.15) is 0 Å². The quantitative estimate of drug-likeness (QED) is 0.760. The number of nitrogen functional groups attached to an aromatic ring is 1. The van der Waals surface area contributed by atoms with E-state index in [9.17, 15) is 9.90 Å². The first-order valence-corrected chi connectivity index (χ1v) is 6.77. The number of nitrogens with zero attached hydrogens (tertiary/aromatic N) is 1. The van der Waals surface area contributed by atoms with Crippen molar-refractivity contribution in [2.75, 3.05) is 18.8 Å². The van der Waals surface area contributed by atoms with Crippen molar-refractivity contribution in [2.24, 2.45) is 0 Å². The summed E-state index contributed by atoms with van der Waals surface area (Å²) < 4.78 is 0. The van der Waals surface area contributed by atoms with Crippen molar-refractivity contribution < 1.29 is 9.90 Å². The lowest BCUT2D eigenvalue weighted by molar-refractivity contribution is 0.0438. The van der Waals surface area contributed by atoms with Crippen LogP contribution in [-0.4, -0.2) is 34.6 Å². The van der Waals surface area contributed by atoms with E-state index in [0.29, 0.717) is 30.8 Å². The maximum Gasteiger partial charge on any atom is 0.255 e. The summed E-state index contributed by atoms with van der Waals surface area (Å²) in [6, 6.07) is 5.51. The zero-order valence-electron chi connectivity index (χ0n) is 11.6. The van der Waals surface area contributed by atoms with E-state index in [-0.39, 0.29) is 5.91 Å². The van der Waals surface area contributed by atoms with Crippen LogP contribution in [0.15, 0.2) is 18.2 Å². The summed E-state index contributed by atoms with van der Waals surface area (Å²) in [5.74, 6) is -0.0288. The van der Waals surface area contributed by atoms with E-state index in [1.165, 1.54) is 0 Å². The molecule has 4 heteroatoms. The third-order valence-corrected chi connectivity index (χ3v) is 3.79.